The number of thiocarbonyl (C=S) groups is 1. The van der Waals surface area contributed by atoms with E-state index in [1.807, 2.05) is 54.6 Å². The highest BCUT2D eigenvalue weighted by atomic mass is 32.1. The molecule has 0 saturated carbocycles. The number of rotatable bonds is 7. The fourth-order valence-corrected chi connectivity index (χ4v) is 5.41. The number of hydrogen-bond acceptors (Lipinski definition) is 5. The number of benzene rings is 2. The van der Waals surface area contributed by atoms with Crippen molar-refractivity contribution >= 4 is 34.6 Å². The number of phenols is 1. The molecule has 1 saturated heterocycles. The third-order valence-corrected chi connectivity index (χ3v) is 7.01. The summed E-state index contributed by atoms with van der Waals surface area (Å²) in [6.07, 6.45) is 1.79. The summed E-state index contributed by atoms with van der Waals surface area (Å²) in [6, 6.07) is 22.5. The van der Waals surface area contributed by atoms with Gasteiger partial charge in [0.05, 0.1) is 17.8 Å². The Morgan fingerprint density at radius 3 is 2.45 bits per heavy atom. The van der Waals surface area contributed by atoms with Gasteiger partial charge in [0.15, 0.2) is 5.11 Å². The molecular weight excluding hydrogens is 498 g/mol. The molecule has 0 spiro atoms. The van der Waals surface area contributed by atoms with Crippen LogP contribution in [-0.2, 0) is 9.53 Å². The molecule has 0 aliphatic carbocycles. The van der Waals surface area contributed by atoms with Crippen molar-refractivity contribution < 1.29 is 14.6 Å². The second kappa shape index (κ2) is 10.6. The summed E-state index contributed by atoms with van der Waals surface area (Å²) in [7, 11) is 1.49. The van der Waals surface area contributed by atoms with E-state index in [0.29, 0.717) is 10.8 Å². The van der Waals surface area contributed by atoms with Gasteiger partial charge in [-0.15, -0.1) is 0 Å². The molecule has 38 heavy (non-hydrogen) atoms. The van der Waals surface area contributed by atoms with Gasteiger partial charge >= 0.3 is 0 Å². The fraction of sp³-hybridized carbons (Fsp3) is 0.207. The number of aromatic nitrogens is 2. The maximum Gasteiger partial charge on any atom is 0.250 e. The minimum Gasteiger partial charge on any atom is -0.508 e. The molecule has 8 nitrogen and oxygen atoms in total. The number of carbonyl (C=O) groups is 1. The Kier molecular flexibility index (Phi) is 7.13. The van der Waals surface area contributed by atoms with Crippen molar-refractivity contribution in [2.24, 2.45) is 0 Å². The summed E-state index contributed by atoms with van der Waals surface area (Å²) in [4.78, 5) is 18.7. The lowest BCUT2D eigenvalue weighted by atomic mass is 9.96. The number of amides is 1. The number of aromatic hydroxyl groups is 1. The van der Waals surface area contributed by atoms with E-state index in [0.717, 1.165) is 34.0 Å². The van der Waals surface area contributed by atoms with Gasteiger partial charge in [-0.2, -0.15) is 0 Å². The first-order valence-corrected chi connectivity index (χ1v) is 12.7. The Bertz CT molecular complexity index is 1450. The predicted molar refractivity (Wildman–Crippen MR) is 152 cm³/mol. The molecule has 1 fully saturated rings. The molecule has 0 bridgehead atoms. The van der Waals surface area contributed by atoms with Gasteiger partial charge in [-0.3, -0.25) is 9.78 Å². The average Bonchev–Trinajstić information content (AvgIpc) is 3.41. The van der Waals surface area contributed by atoms with Gasteiger partial charge in [0.2, 0.25) is 5.91 Å². The highest BCUT2D eigenvalue weighted by Crippen LogP contribution is 2.44. The summed E-state index contributed by atoms with van der Waals surface area (Å²) in [5.74, 6) is 0.0124. The van der Waals surface area contributed by atoms with Gasteiger partial charge in [-0.25, -0.2) is 0 Å². The second-order valence-electron chi connectivity index (χ2n) is 9.20. The molecule has 1 aliphatic rings. The number of phenolic OH excluding ortho intramolecular Hbond substituents is 1. The summed E-state index contributed by atoms with van der Waals surface area (Å²) >= 11 is 5.87. The zero-order chi connectivity index (χ0) is 26.8. The standard InChI is InChI=1S/C29H29N5O3S/c1-18-16-24(19(2)33(18)21-11-13-23(35)14-12-21)28-27(25-6-4-5-15-30-25)32-29(38)34(28)22-9-7-20(8-10-22)31-26(36)17-37-3/h4-16,27-28,35H,17H2,1-3H3,(H,31,36)(H,32,38)/t27-,28-/m0/s1. The van der Waals surface area contributed by atoms with Crippen LogP contribution in [0.25, 0.3) is 5.69 Å². The molecule has 3 N–H and O–H groups in total. The Morgan fingerprint density at radius 1 is 1.08 bits per heavy atom. The van der Waals surface area contributed by atoms with E-state index in [-0.39, 0.29) is 30.3 Å². The van der Waals surface area contributed by atoms with Gasteiger partial charge in [0, 0.05) is 41.8 Å². The van der Waals surface area contributed by atoms with Crippen LogP contribution in [-0.4, -0.2) is 39.4 Å². The molecule has 2 aromatic carbocycles. The van der Waals surface area contributed by atoms with Crippen LogP contribution < -0.4 is 15.5 Å². The zero-order valence-electron chi connectivity index (χ0n) is 21.4. The van der Waals surface area contributed by atoms with Crippen LogP contribution in [0.4, 0.5) is 11.4 Å². The largest absolute Gasteiger partial charge is 0.508 e. The fourth-order valence-electron chi connectivity index (χ4n) is 5.07. The molecule has 3 heterocycles. The number of anilines is 2. The van der Waals surface area contributed by atoms with Gasteiger partial charge < -0.3 is 29.9 Å². The van der Waals surface area contributed by atoms with Gasteiger partial charge in [-0.05, 0) is 98.4 Å². The smallest absolute Gasteiger partial charge is 0.250 e. The van der Waals surface area contributed by atoms with Crippen LogP contribution in [0.3, 0.4) is 0 Å². The van der Waals surface area contributed by atoms with Crippen LogP contribution in [0.1, 0.15) is 34.7 Å². The number of nitrogens with zero attached hydrogens (tertiary/aromatic N) is 3. The highest BCUT2D eigenvalue weighted by Gasteiger charge is 2.42. The van der Waals surface area contributed by atoms with E-state index < -0.39 is 0 Å². The first-order chi connectivity index (χ1) is 18.4. The average molecular weight is 528 g/mol. The maximum atomic E-state index is 11.9. The Hall–Kier alpha value is -4.21. The van der Waals surface area contributed by atoms with E-state index in [1.54, 1.807) is 18.3 Å². The predicted octanol–water partition coefficient (Wildman–Crippen LogP) is 4.96. The Morgan fingerprint density at radius 2 is 1.79 bits per heavy atom. The summed E-state index contributed by atoms with van der Waals surface area (Å²) < 4.78 is 7.09. The number of ether oxygens (including phenoxy) is 1. The van der Waals surface area contributed by atoms with E-state index >= 15 is 0 Å². The van der Waals surface area contributed by atoms with Gasteiger partial charge in [0.1, 0.15) is 12.4 Å². The SMILES string of the molecule is COCC(=O)Nc1ccc(N2C(=S)N[C@@H](c3ccccn3)[C@@H]2c2cc(C)n(-c3ccc(O)cc3)c2C)cc1. The molecule has 194 valence electrons. The number of pyridine rings is 1. The quantitative estimate of drug-likeness (QED) is 0.293. The van der Waals surface area contributed by atoms with Crippen LogP contribution in [0, 0.1) is 13.8 Å². The number of methoxy groups -OCH3 is 1. The van der Waals surface area contributed by atoms with E-state index in [4.69, 9.17) is 17.0 Å². The second-order valence-corrected chi connectivity index (χ2v) is 9.59. The van der Waals surface area contributed by atoms with Crippen molar-refractivity contribution in [2.75, 3.05) is 23.9 Å². The van der Waals surface area contributed by atoms with Crippen LogP contribution in [0.5, 0.6) is 5.75 Å². The molecule has 5 rings (SSSR count). The molecule has 0 unspecified atom stereocenters. The van der Waals surface area contributed by atoms with E-state index in [9.17, 15) is 9.90 Å². The summed E-state index contributed by atoms with van der Waals surface area (Å²) in [5, 5.41) is 16.7. The maximum absolute atomic E-state index is 11.9. The minimum atomic E-state index is -0.214. The molecule has 2 aromatic heterocycles. The van der Waals surface area contributed by atoms with Gasteiger partial charge in [-0.1, -0.05) is 6.07 Å². The normalized spacial score (nSPS) is 16.9. The molecule has 9 heteroatoms. The van der Waals surface area contributed by atoms with Crippen LogP contribution >= 0.6 is 12.2 Å². The van der Waals surface area contributed by atoms with Crippen molar-refractivity contribution in [1.29, 1.82) is 0 Å². The van der Waals surface area contributed by atoms with Gasteiger partial charge in [0.25, 0.3) is 0 Å². The molecule has 4 aromatic rings. The molecule has 1 aliphatic heterocycles. The van der Waals surface area contributed by atoms with Crippen molar-refractivity contribution in [3.05, 3.63) is 102 Å². The Labute approximate surface area is 226 Å². The Balaban J connectivity index is 1.57. The third kappa shape index (κ3) is 4.85. The number of carbonyl (C=O) groups excluding carboxylic acids is 1. The molecular formula is C29H29N5O3S. The van der Waals surface area contributed by atoms with E-state index in [2.05, 4.69) is 45.0 Å². The summed E-state index contributed by atoms with van der Waals surface area (Å²) in [5.41, 5.74) is 6.67. The molecule has 0 radical (unpaired) electrons. The lowest BCUT2D eigenvalue weighted by molar-refractivity contribution is -0.119. The van der Waals surface area contributed by atoms with Crippen LogP contribution in [0.2, 0.25) is 0 Å². The van der Waals surface area contributed by atoms with Crippen molar-refractivity contribution in [3.8, 4) is 11.4 Å². The molecule has 1 amide bonds. The zero-order valence-corrected chi connectivity index (χ0v) is 22.2. The monoisotopic (exact) mass is 527 g/mol. The first-order valence-electron chi connectivity index (χ1n) is 12.2. The number of hydrogen-bond donors (Lipinski definition) is 3. The highest BCUT2D eigenvalue weighted by molar-refractivity contribution is 7.80. The first kappa shape index (κ1) is 25.4. The third-order valence-electron chi connectivity index (χ3n) is 6.70. The van der Waals surface area contributed by atoms with E-state index in [1.165, 1.54) is 7.11 Å². The number of nitrogens with one attached hydrogen (secondary N) is 2. The van der Waals surface area contributed by atoms with Crippen molar-refractivity contribution in [1.82, 2.24) is 14.9 Å². The lowest BCUT2D eigenvalue weighted by Crippen LogP contribution is -2.29. The van der Waals surface area contributed by atoms with Crippen molar-refractivity contribution in [3.63, 3.8) is 0 Å². The molecule has 2 atom stereocenters. The van der Waals surface area contributed by atoms with Crippen molar-refractivity contribution in [2.45, 2.75) is 25.9 Å². The topological polar surface area (TPSA) is 91.7 Å². The van der Waals surface area contributed by atoms with Crippen LogP contribution in [0.15, 0.2) is 79.0 Å². The minimum absolute atomic E-state index is 0.00758. The lowest BCUT2D eigenvalue weighted by Gasteiger charge is -2.28. The number of aryl methyl sites for hydroxylation is 1. The summed E-state index contributed by atoms with van der Waals surface area (Å²) in [6.45, 7) is 4.16.